The zero-order valence-electron chi connectivity index (χ0n) is 7.02. The minimum absolute atomic E-state index is 0.235. The van der Waals surface area contributed by atoms with Crippen LogP contribution >= 0.6 is 23.2 Å². The van der Waals surface area contributed by atoms with E-state index in [-0.39, 0.29) is 10.8 Å². The average Bonchev–Trinajstić information content (AvgIpc) is 2.31. The van der Waals surface area contributed by atoms with Gasteiger partial charge in [0.15, 0.2) is 0 Å². The molecule has 1 rings (SSSR count). The Bertz CT molecular complexity index is 114. The lowest BCUT2D eigenvalue weighted by molar-refractivity contribution is 0.486. The van der Waals surface area contributed by atoms with E-state index in [1.54, 1.807) is 0 Å². The minimum atomic E-state index is 0.235. The summed E-state index contributed by atoms with van der Waals surface area (Å²) in [7, 11) is 0. The lowest BCUT2D eigenvalue weighted by atomic mass is 10.0. The van der Waals surface area contributed by atoms with Gasteiger partial charge < -0.3 is 0 Å². The minimum Gasteiger partial charge on any atom is -0.121 e. The van der Waals surface area contributed by atoms with Crippen molar-refractivity contribution in [3.8, 4) is 0 Å². The van der Waals surface area contributed by atoms with Crippen LogP contribution in [0.4, 0.5) is 0 Å². The van der Waals surface area contributed by atoms with Crippen LogP contribution in [-0.4, -0.2) is 10.8 Å². The molecule has 1 aliphatic carbocycles. The summed E-state index contributed by atoms with van der Waals surface area (Å²) in [6.45, 7) is 2.22. The molecule has 0 spiro atoms. The van der Waals surface area contributed by atoms with Crippen molar-refractivity contribution in [3.05, 3.63) is 0 Å². The molecule has 2 heteroatoms. The van der Waals surface area contributed by atoms with Gasteiger partial charge in [0.05, 0.1) is 10.8 Å². The number of rotatable bonds is 3. The Morgan fingerprint density at radius 3 is 2.45 bits per heavy atom. The fourth-order valence-electron chi connectivity index (χ4n) is 1.76. The van der Waals surface area contributed by atoms with Gasteiger partial charge in [0, 0.05) is 0 Å². The fraction of sp³-hybridized carbons (Fsp3) is 1.00. The molecule has 66 valence electrons. The van der Waals surface area contributed by atoms with Gasteiger partial charge in [0.25, 0.3) is 0 Å². The van der Waals surface area contributed by atoms with Gasteiger partial charge in [-0.05, 0) is 25.2 Å². The summed E-state index contributed by atoms with van der Waals surface area (Å²) in [4.78, 5) is 0. The first-order chi connectivity index (χ1) is 5.25. The van der Waals surface area contributed by atoms with E-state index in [1.165, 1.54) is 25.7 Å². The number of halogens is 2. The molecule has 0 N–H and O–H groups in total. The summed E-state index contributed by atoms with van der Waals surface area (Å²) in [5, 5.41) is 0.474. The Morgan fingerprint density at radius 2 is 2.00 bits per heavy atom. The van der Waals surface area contributed by atoms with Crippen molar-refractivity contribution in [1.82, 2.24) is 0 Å². The maximum atomic E-state index is 6.13. The molecular formula is C9H16Cl2. The molecule has 0 nitrogen and oxygen atoms in total. The predicted molar refractivity (Wildman–Crippen MR) is 51.5 cm³/mol. The summed E-state index contributed by atoms with van der Waals surface area (Å²) in [5.41, 5.74) is 0. The van der Waals surface area contributed by atoms with Gasteiger partial charge >= 0.3 is 0 Å². The third-order valence-electron chi connectivity index (χ3n) is 2.54. The molecule has 0 aromatic carbocycles. The molecule has 3 unspecified atom stereocenters. The standard InChI is InChI=1S/C9H16Cl2/c1-2-3-4-7-5-6-8(10)9(7)11/h7-9H,2-6H2,1H3. The van der Waals surface area contributed by atoms with E-state index >= 15 is 0 Å². The lowest BCUT2D eigenvalue weighted by Gasteiger charge is -2.13. The van der Waals surface area contributed by atoms with Crippen LogP contribution in [0.15, 0.2) is 0 Å². The number of hydrogen-bond donors (Lipinski definition) is 0. The molecule has 0 aliphatic heterocycles. The highest BCUT2D eigenvalue weighted by Crippen LogP contribution is 2.36. The van der Waals surface area contributed by atoms with Gasteiger partial charge in [-0.25, -0.2) is 0 Å². The Kier molecular flexibility index (Phi) is 4.01. The molecule has 3 atom stereocenters. The van der Waals surface area contributed by atoms with E-state index < -0.39 is 0 Å². The first-order valence-corrected chi connectivity index (χ1v) is 5.41. The van der Waals surface area contributed by atoms with Crippen LogP contribution in [0, 0.1) is 5.92 Å². The molecule has 0 radical (unpaired) electrons. The predicted octanol–water partition coefficient (Wildman–Crippen LogP) is 3.80. The van der Waals surface area contributed by atoms with Gasteiger partial charge in [-0.3, -0.25) is 0 Å². The summed E-state index contributed by atoms with van der Waals surface area (Å²) < 4.78 is 0. The second kappa shape index (κ2) is 4.57. The monoisotopic (exact) mass is 194 g/mol. The van der Waals surface area contributed by atoms with Gasteiger partial charge in [-0.1, -0.05) is 19.8 Å². The maximum Gasteiger partial charge on any atom is 0.0527 e. The summed E-state index contributed by atoms with van der Waals surface area (Å²) in [6, 6.07) is 0. The molecule has 0 saturated heterocycles. The second-order valence-electron chi connectivity index (χ2n) is 3.44. The molecule has 11 heavy (non-hydrogen) atoms. The quantitative estimate of drug-likeness (QED) is 0.601. The average molecular weight is 195 g/mol. The molecule has 0 aromatic rings. The van der Waals surface area contributed by atoms with Crippen LogP contribution in [0.2, 0.25) is 0 Å². The Labute approximate surface area is 79.3 Å². The van der Waals surface area contributed by atoms with Gasteiger partial charge in [0.1, 0.15) is 0 Å². The van der Waals surface area contributed by atoms with Crippen LogP contribution < -0.4 is 0 Å². The van der Waals surface area contributed by atoms with Gasteiger partial charge in [-0.15, -0.1) is 23.2 Å². The molecule has 1 aliphatic rings. The van der Waals surface area contributed by atoms with Crippen molar-refractivity contribution in [1.29, 1.82) is 0 Å². The van der Waals surface area contributed by atoms with Crippen molar-refractivity contribution in [2.75, 3.05) is 0 Å². The number of unbranched alkanes of at least 4 members (excludes halogenated alkanes) is 1. The zero-order chi connectivity index (χ0) is 8.27. The largest absolute Gasteiger partial charge is 0.121 e. The van der Waals surface area contributed by atoms with E-state index in [0.29, 0.717) is 5.92 Å². The third-order valence-corrected chi connectivity index (χ3v) is 3.82. The van der Waals surface area contributed by atoms with E-state index in [9.17, 15) is 0 Å². The first kappa shape index (κ1) is 9.67. The highest BCUT2D eigenvalue weighted by molar-refractivity contribution is 6.30. The van der Waals surface area contributed by atoms with Crippen LogP contribution in [-0.2, 0) is 0 Å². The number of hydrogen-bond acceptors (Lipinski definition) is 0. The Morgan fingerprint density at radius 1 is 1.27 bits per heavy atom. The van der Waals surface area contributed by atoms with E-state index in [1.807, 2.05) is 0 Å². The second-order valence-corrected chi connectivity index (χ2v) is 4.50. The summed E-state index contributed by atoms with van der Waals surface area (Å²) in [5.74, 6) is 0.694. The van der Waals surface area contributed by atoms with Crippen LogP contribution in [0.1, 0.15) is 39.0 Å². The Hall–Kier alpha value is 0.580. The molecule has 0 amide bonds. The molecule has 0 aromatic heterocycles. The summed E-state index contributed by atoms with van der Waals surface area (Å²) >= 11 is 12.1. The third kappa shape index (κ3) is 2.52. The Balaban J connectivity index is 2.24. The van der Waals surface area contributed by atoms with Crippen LogP contribution in [0.5, 0.6) is 0 Å². The molecular weight excluding hydrogens is 179 g/mol. The van der Waals surface area contributed by atoms with E-state index in [4.69, 9.17) is 23.2 Å². The van der Waals surface area contributed by atoms with Gasteiger partial charge in [0.2, 0.25) is 0 Å². The molecule has 1 fully saturated rings. The SMILES string of the molecule is CCCCC1CCC(Cl)C1Cl. The molecule has 1 saturated carbocycles. The van der Waals surface area contributed by atoms with Crippen molar-refractivity contribution in [3.63, 3.8) is 0 Å². The number of alkyl halides is 2. The van der Waals surface area contributed by atoms with Gasteiger partial charge in [-0.2, -0.15) is 0 Å². The highest BCUT2D eigenvalue weighted by Gasteiger charge is 2.32. The highest BCUT2D eigenvalue weighted by atomic mass is 35.5. The van der Waals surface area contributed by atoms with Crippen molar-refractivity contribution in [2.24, 2.45) is 5.92 Å². The summed E-state index contributed by atoms with van der Waals surface area (Å²) in [6.07, 6.45) is 6.20. The molecule has 0 heterocycles. The fourth-order valence-corrected chi connectivity index (χ4v) is 2.47. The smallest absolute Gasteiger partial charge is 0.0527 e. The first-order valence-electron chi connectivity index (χ1n) is 4.53. The maximum absolute atomic E-state index is 6.13. The van der Waals surface area contributed by atoms with Crippen molar-refractivity contribution in [2.45, 2.75) is 49.8 Å². The lowest BCUT2D eigenvalue weighted by Crippen LogP contribution is -2.14. The molecule has 0 bridgehead atoms. The van der Waals surface area contributed by atoms with Crippen LogP contribution in [0.3, 0.4) is 0 Å². The van der Waals surface area contributed by atoms with E-state index in [2.05, 4.69) is 6.92 Å². The zero-order valence-corrected chi connectivity index (χ0v) is 8.54. The van der Waals surface area contributed by atoms with Crippen molar-refractivity contribution < 1.29 is 0 Å². The topological polar surface area (TPSA) is 0 Å². The normalized spacial score (nSPS) is 37.9. The van der Waals surface area contributed by atoms with Crippen molar-refractivity contribution >= 4 is 23.2 Å². The van der Waals surface area contributed by atoms with E-state index in [0.717, 1.165) is 6.42 Å². The van der Waals surface area contributed by atoms with Crippen LogP contribution in [0.25, 0.3) is 0 Å².